The lowest BCUT2D eigenvalue weighted by Crippen LogP contribution is -2.31. The second kappa shape index (κ2) is 11.7. The fourth-order valence-corrected chi connectivity index (χ4v) is 4.98. The molecule has 38 heavy (non-hydrogen) atoms. The van der Waals surface area contributed by atoms with E-state index in [0.29, 0.717) is 41.9 Å². The van der Waals surface area contributed by atoms with Gasteiger partial charge in [0.2, 0.25) is 0 Å². The molecule has 0 aliphatic carbocycles. The molecule has 1 atom stereocenters. The molecule has 0 radical (unpaired) electrons. The zero-order valence-electron chi connectivity index (χ0n) is 21.1. The number of nitrogens with one attached hydrogen (secondary N) is 3. The molecule has 10 heteroatoms. The van der Waals surface area contributed by atoms with E-state index in [9.17, 15) is 14.0 Å². The second-order valence-electron chi connectivity index (χ2n) is 9.69. The largest absolute Gasteiger partial charge is 0.375 e. The molecule has 0 bridgehead atoms. The van der Waals surface area contributed by atoms with Crippen LogP contribution in [0.1, 0.15) is 35.2 Å². The number of halogens is 1. The molecule has 0 spiro atoms. The number of aromatic nitrogens is 1. The molecule has 2 aliphatic rings. The van der Waals surface area contributed by atoms with E-state index in [0.717, 1.165) is 26.1 Å². The van der Waals surface area contributed by atoms with Crippen LogP contribution in [0.2, 0.25) is 0 Å². The average Bonchev–Trinajstić information content (AvgIpc) is 3.62. The van der Waals surface area contributed by atoms with Crippen molar-refractivity contribution in [3.63, 3.8) is 0 Å². The number of H-pyrrole nitrogens is 1. The Morgan fingerprint density at radius 1 is 1.16 bits per heavy atom. The number of pyridine rings is 1. The normalized spacial score (nSPS) is 18.3. The number of hydrogen-bond donors (Lipinski definition) is 3. The minimum absolute atomic E-state index is 0.0329. The summed E-state index contributed by atoms with van der Waals surface area (Å²) < 4.78 is 19.6. The number of benzene rings is 2. The van der Waals surface area contributed by atoms with Gasteiger partial charge in [0, 0.05) is 48.0 Å². The summed E-state index contributed by atoms with van der Waals surface area (Å²) in [7, 11) is 0. The number of fused-ring (bicyclic) bond motifs is 1. The molecule has 3 N–H and O–H groups in total. The lowest BCUT2D eigenvalue weighted by Gasteiger charge is -2.19. The standard InChI is InChI=1S/C28H31FN6O3/c29-21-5-8-25-20(15-21)16-24(27(36)32-25)26(33-30)17-31-22-6-3-19(4-7-22)28(37)35-12-9-23(18-35)38-14-13-34-10-1-2-11-34/h3-8,15-17,23,30-31H,1-2,9-14,18H2,(H,32,36)/b26-17-,33-30?. The molecule has 198 valence electrons. The third-order valence-electron chi connectivity index (χ3n) is 7.10. The maximum Gasteiger partial charge on any atom is 0.258 e. The number of ether oxygens (including phenoxy) is 1. The Labute approximate surface area is 219 Å². The Morgan fingerprint density at radius 3 is 2.71 bits per heavy atom. The number of hydrogen-bond acceptors (Lipinski definition) is 7. The van der Waals surface area contributed by atoms with Crippen molar-refractivity contribution < 1.29 is 13.9 Å². The van der Waals surface area contributed by atoms with Crippen molar-refractivity contribution in [1.29, 1.82) is 5.53 Å². The monoisotopic (exact) mass is 518 g/mol. The van der Waals surface area contributed by atoms with Crippen molar-refractivity contribution in [2.75, 3.05) is 44.6 Å². The van der Waals surface area contributed by atoms with E-state index in [4.69, 9.17) is 10.3 Å². The molecule has 1 unspecified atom stereocenters. The molecule has 9 nitrogen and oxygen atoms in total. The summed E-state index contributed by atoms with van der Waals surface area (Å²) in [5, 5.41) is 6.99. The van der Waals surface area contributed by atoms with Crippen molar-refractivity contribution in [1.82, 2.24) is 14.8 Å². The summed E-state index contributed by atoms with van der Waals surface area (Å²) in [6.07, 6.45) is 4.89. The SMILES string of the molecule is N=N/C(=C\Nc1ccc(C(=O)N2CCC(OCCN3CCCC3)C2)cc1)c1cc2cc(F)ccc2[nH]c1=O. The van der Waals surface area contributed by atoms with Crippen LogP contribution >= 0.6 is 0 Å². The maximum absolute atomic E-state index is 13.6. The van der Waals surface area contributed by atoms with Crippen LogP contribution in [0.4, 0.5) is 10.1 Å². The lowest BCUT2D eigenvalue weighted by atomic mass is 10.1. The first-order valence-electron chi connectivity index (χ1n) is 12.9. The Balaban J connectivity index is 1.18. The van der Waals surface area contributed by atoms with Crippen molar-refractivity contribution in [3.05, 3.63) is 82.0 Å². The number of likely N-dealkylation sites (tertiary alicyclic amines) is 2. The predicted molar refractivity (Wildman–Crippen MR) is 144 cm³/mol. The van der Waals surface area contributed by atoms with E-state index in [2.05, 4.69) is 20.3 Å². The van der Waals surface area contributed by atoms with E-state index < -0.39 is 11.4 Å². The molecule has 1 amide bonds. The highest BCUT2D eigenvalue weighted by molar-refractivity contribution is 5.94. The number of amides is 1. The summed E-state index contributed by atoms with van der Waals surface area (Å²) in [5.74, 6) is -0.458. The molecular formula is C28H31FN6O3. The smallest absolute Gasteiger partial charge is 0.258 e. The summed E-state index contributed by atoms with van der Waals surface area (Å²) >= 11 is 0. The van der Waals surface area contributed by atoms with Gasteiger partial charge >= 0.3 is 0 Å². The molecule has 2 fully saturated rings. The van der Waals surface area contributed by atoms with E-state index in [-0.39, 0.29) is 23.3 Å². The van der Waals surface area contributed by atoms with Crippen LogP contribution in [0.15, 0.2) is 64.6 Å². The molecule has 0 saturated carbocycles. The minimum Gasteiger partial charge on any atom is -0.375 e. The van der Waals surface area contributed by atoms with Crippen LogP contribution in [0, 0.1) is 11.3 Å². The number of anilines is 1. The Morgan fingerprint density at radius 2 is 1.95 bits per heavy atom. The first kappa shape index (κ1) is 25.7. The summed E-state index contributed by atoms with van der Waals surface area (Å²) in [6, 6.07) is 12.6. The zero-order chi connectivity index (χ0) is 26.5. The molecular weight excluding hydrogens is 487 g/mol. The number of rotatable bonds is 9. The van der Waals surface area contributed by atoms with Crippen LogP contribution < -0.4 is 10.9 Å². The van der Waals surface area contributed by atoms with E-state index >= 15 is 0 Å². The first-order valence-corrected chi connectivity index (χ1v) is 12.9. The van der Waals surface area contributed by atoms with Crippen LogP contribution in [-0.2, 0) is 4.74 Å². The number of carbonyl (C=O) groups excluding carboxylic acids is 1. The summed E-state index contributed by atoms with van der Waals surface area (Å²) in [4.78, 5) is 32.4. The van der Waals surface area contributed by atoms with E-state index in [1.807, 2.05) is 4.90 Å². The van der Waals surface area contributed by atoms with Gasteiger partial charge in [0.15, 0.2) is 0 Å². The molecule has 3 heterocycles. The highest BCUT2D eigenvalue weighted by Crippen LogP contribution is 2.21. The molecule has 3 aromatic rings. The highest BCUT2D eigenvalue weighted by atomic mass is 19.1. The van der Waals surface area contributed by atoms with Crippen molar-refractivity contribution in [2.24, 2.45) is 5.11 Å². The molecule has 5 rings (SSSR count). The van der Waals surface area contributed by atoms with Gasteiger partial charge in [-0.15, -0.1) is 0 Å². The Hall–Kier alpha value is -3.89. The number of nitrogens with zero attached hydrogens (tertiary/aromatic N) is 3. The van der Waals surface area contributed by atoms with Crippen molar-refractivity contribution >= 4 is 28.2 Å². The summed E-state index contributed by atoms with van der Waals surface area (Å²) in [5.41, 5.74) is 9.06. The van der Waals surface area contributed by atoms with Gasteiger partial charge in [0.25, 0.3) is 11.5 Å². The van der Waals surface area contributed by atoms with Gasteiger partial charge in [0.1, 0.15) is 11.5 Å². The van der Waals surface area contributed by atoms with Gasteiger partial charge in [-0.3, -0.25) is 9.59 Å². The Bertz CT molecular complexity index is 1400. The third kappa shape index (κ3) is 5.98. The van der Waals surface area contributed by atoms with Crippen LogP contribution in [0.25, 0.3) is 16.6 Å². The van der Waals surface area contributed by atoms with Gasteiger partial charge in [-0.05, 0) is 80.9 Å². The quantitative estimate of drug-likeness (QED) is 0.363. The third-order valence-corrected chi connectivity index (χ3v) is 7.10. The van der Waals surface area contributed by atoms with Crippen molar-refractivity contribution in [2.45, 2.75) is 25.4 Å². The van der Waals surface area contributed by atoms with Crippen molar-refractivity contribution in [3.8, 4) is 0 Å². The van der Waals surface area contributed by atoms with Gasteiger partial charge in [-0.25, -0.2) is 9.92 Å². The van der Waals surface area contributed by atoms with Gasteiger partial charge < -0.3 is 24.8 Å². The first-order chi connectivity index (χ1) is 18.5. The van der Waals surface area contributed by atoms with Crippen LogP contribution in [0.5, 0.6) is 0 Å². The minimum atomic E-state index is -0.432. The number of carbonyl (C=O) groups is 1. The second-order valence-corrected chi connectivity index (χ2v) is 9.69. The zero-order valence-corrected chi connectivity index (χ0v) is 21.1. The molecule has 1 aromatic heterocycles. The van der Waals surface area contributed by atoms with Gasteiger partial charge in [-0.2, -0.15) is 5.11 Å². The molecule has 2 saturated heterocycles. The fourth-order valence-electron chi connectivity index (χ4n) is 4.98. The van der Waals surface area contributed by atoms with Gasteiger partial charge in [-0.1, -0.05) is 0 Å². The maximum atomic E-state index is 13.6. The van der Waals surface area contributed by atoms with E-state index in [1.54, 1.807) is 24.3 Å². The lowest BCUT2D eigenvalue weighted by molar-refractivity contribution is 0.0437. The average molecular weight is 519 g/mol. The van der Waals surface area contributed by atoms with Gasteiger partial charge in [0.05, 0.1) is 18.3 Å². The molecule has 2 aromatic carbocycles. The Kier molecular flexibility index (Phi) is 7.90. The summed E-state index contributed by atoms with van der Waals surface area (Å²) in [6.45, 7) is 5.24. The van der Waals surface area contributed by atoms with Crippen LogP contribution in [-0.4, -0.2) is 66.1 Å². The fraction of sp³-hybridized carbons (Fsp3) is 0.357. The molecule has 2 aliphatic heterocycles. The number of aromatic amines is 1. The van der Waals surface area contributed by atoms with Crippen LogP contribution in [0.3, 0.4) is 0 Å². The predicted octanol–water partition coefficient (Wildman–Crippen LogP) is 4.44. The highest BCUT2D eigenvalue weighted by Gasteiger charge is 2.27. The van der Waals surface area contributed by atoms with E-state index in [1.165, 1.54) is 43.3 Å². The topological polar surface area (TPSA) is 114 Å².